The van der Waals surface area contributed by atoms with Crippen LogP contribution in [0.3, 0.4) is 0 Å². The molecule has 0 unspecified atom stereocenters. The molecule has 2 heterocycles. The number of H-pyrrole nitrogens is 1. The SMILES string of the molecule is N#Cc1nn(-c2cc(Cl)c(Oc3ccc(=O)n(CO)n3)c(Cl)c2)c(=O)[nH]c1=O. The second kappa shape index (κ2) is 7.65. The fourth-order valence-corrected chi connectivity index (χ4v) is 2.66. The number of nitrogens with one attached hydrogen (secondary N) is 1. The predicted octanol–water partition coefficient (Wildman–Crippen LogP) is 0.398. The first-order chi connectivity index (χ1) is 13.3. The molecule has 0 bridgehead atoms. The van der Waals surface area contributed by atoms with Crippen molar-refractivity contribution in [2.75, 3.05) is 0 Å². The van der Waals surface area contributed by atoms with Crippen molar-refractivity contribution in [3.8, 4) is 23.4 Å². The largest absolute Gasteiger partial charge is 0.434 e. The highest BCUT2D eigenvalue weighted by Crippen LogP contribution is 2.37. The monoisotopic (exact) mass is 422 g/mol. The number of rotatable bonds is 4. The Bertz CT molecular complexity index is 1270. The molecule has 0 amide bonds. The summed E-state index contributed by atoms with van der Waals surface area (Å²) in [7, 11) is 0. The number of aromatic nitrogens is 5. The van der Waals surface area contributed by atoms with E-state index in [1.807, 2.05) is 4.98 Å². The van der Waals surface area contributed by atoms with E-state index in [1.54, 1.807) is 6.07 Å². The van der Waals surface area contributed by atoms with Crippen LogP contribution in [0.5, 0.6) is 11.6 Å². The highest BCUT2D eigenvalue weighted by atomic mass is 35.5. The van der Waals surface area contributed by atoms with Crippen LogP contribution in [0, 0.1) is 11.3 Å². The van der Waals surface area contributed by atoms with Gasteiger partial charge in [-0.2, -0.15) is 9.94 Å². The van der Waals surface area contributed by atoms with Crippen molar-refractivity contribution < 1.29 is 9.84 Å². The number of nitriles is 1. The van der Waals surface area contributed by atoms with Gasteiger partial charge in [-0.05, 0) is 12.1 Å². The molecule has 2 aromatic heterocycles. The first kappa shape index (κ1) is 19.3. The molecule has 0 saturated heterocycles. The third kappa shape index (κ3) is 3.65. The van der Waals surface area contributed by atoms with E-state index >= 15 is 0 Å². The molecule has 28 heavy (non-hydrogen) atoms. The summed E-state index contributed by atoms with van der Waals surface area (Å²) in [5.41, 5.74) is -2.83. The normalized spacial score (nSPS) is 10.5. The summed E-state index contributed by atoms with van der Waals surface area (Å²) in [6.45, 7) is -0.654. The highest BCUT2D eigenvalue weighted by Gasteiger charge is 2.16. The topological polar surface area (TPSA) is 156 Å². The van der Waals surface area contributed by atoms with Crippen LogP contribution in [0.1, 0.15) is 5.69 Å². The van der Waals surface area contributed by atoms with Gasteiger partial charge in [-0.1, -0.05) is 23.2 Å². The van der Waals surface area contributed by atoms with Crippen molar-refractivity contribution in [2.24, 2.45) is 0 Å². The van der Waals surface area contributed by atoms with E-state index in [0.29, 0.717) is 0 Å². The quantitative estimate of drug-likeness (QED) is 0.611. The summed E-state index contributed by atoms with van der Waals surface area (Å²) >= 11 is 12.3. The van der Waals surface area contributed by atoms with Crippen LogP contribution in [-0.4, -0.2) is 29.7 Å². The van der Waals surface area contributed by atoms with Crippen LogP contribution in [0.4, 0.5) is 0 Å². The number of hydrogen-bond acceptors (Lipinski definition) is 8. The van der Waals surface area contributed by atoms with Gasteiger partial charge in [-0.25, -0.2) is 9.48 Å². The summed E-state index contributed by atoms with van der Waals surface area (Å²) in [4.78, 5) is 36.8. The summed E-state index contributed by atoms with van der Waals surface area (Å²) < 4.78 is 6.95. The number of ether oxygens (including phenoxy) is 1. The first-order valence-electron chi connectivity index (χ1n) is 7.34. The minimum atomic E-state index is -0.925. The number of aliphatic hydroxyl groups is 1. The van der Waals surface area contributed by atoms with Crippen LogP contribution in [0.25, 0.3) is 5.69 Å². The van der Waals surface area contributed by atoms with Gasteiger partial charge in [0.15, 0.2) is 5.75 Å². The van der Waals surface area contributed by atoms with Gasteiger partial charge in [0.25, 0.3) is 11.1 Å². The van der Waals surface area contributed by atoms with Gasteiger partial charge in [-0.15, -0.1) is 10.2 Å². The van der Waals surface area contributed by atoms with E-state index in [-0.39, 0.29) is 27.4 Å². The number of hydrogen-bond donors (Lipinski definition) is 2. The zero-order valence-corrected chi connectivity index (χ0v) is 15.1. The van der Waals surface area contributed by atoms with Crippen molar-refractivity contribution in [3.05, 3.63) is 71.2 Å². The second-order valence-corrected chi connectivity index (χ2v) is 5.94. The van der Waals surface area contributed by atoms with Gasteiger partial charge in [0.1, 0.15) is 12.8 Å². The van der Waals surface area contributed by atoms with Gasteiger partial charge in [0.2, 0.25) is 11.6 Å². The molecule has 2 N–H and O–H groups in total. The van der Waals surface area contributed by atoms with E-state index < -0.39 is 29.2 Å². The molecule has 142 valence electrons. The van der Waals surface area contributed by atoms with Crippen molar-refractivity contribution >= 4 is 23.2 Å². The van der Waals surface area contributed by atoms with Gasteiger partial charge in [0, 0.05) is 12.1 Å². The number of aliphatic hydroxyl groups excluding tert-OH is 1. The van der Waals surface area contributed by atoms with Crippen molar-refractivity contribution in [1.29, 1.82) is 5.26 Å². The van der Waals surface area contributed by atoms with Crippen LogP contribution in [0.15, 0.2) is 38.6 Å². The smallest absolute Gasteiger partial charge is 0.349 e. The molecular formula is C15H8Cl2N6O5. The number of halogens is 2. The molecule has 0 atom stereocenters. The molecule has 0 spiro atoms. The lowest BCUT2D eigenvalue weighted by molar-refractivity contribution is 0.185. The number of aromatic amines is 1. The highest BCUT2D eigenvalue weighted by molar-refractivity contribution is 6.37. The summed E-state index contributed by atoms with van der Waals surface area (Å²) in [5, 5.41) is 25.3. The Hall–Kier alpha value is -3.46. The summed E-state index contributed by atoms with van der Waals surface area (Å²) in [5.74, 6) is -0.114. The van der Waals surface area contributed by atoms with Crippen molar-refractivity contribution in [1.82, 2.24) is 24.5 Å². The number of nitrogens with zero attached hydrogens (tertiary/aromatic N) is 5. The lowest BCUT2D eigenvalue weighted by Crippen LogP contribution is -2.33. The molecule has 0 radical (unpaired) electrons. The molecule has 0 fully saturated rings. The van der Waals surface area contributed by atoms with Gasteiger partial charge < -0.3 is 9.84 Å². The zero-order valence-electron chi connectivity index (χ0n) is 13.6. The molecule has 0 aliphatic heterocycles. The Morgan fingerprint density at radius 1 is 1.18 bits per heavy atom. The van der Waals surface area contributed by atoms with E-state index in [9.17, 15) is 14.4 Å². The van der Waals surface area contributed by atoms with Crippen LogP contribution < -0.4 is 21.5 Å². The third-order valence-corrected chi connectivity index (χ3v) is 3.91. The maximum Gasteiger partial charge on any atom is 0.349 e. The van der Waals surface area contributed by atoms with Crippen molar-refractivity contribution in [3.63, 3.8) is 0 Å². The summed E-state index contributed by atoms with van der Waals surface area (Å²) in [6.07, 6.45) is 0. The Morgan fingerprint density at radius 3 is 2.46 bits per heavy atom. The van der Waals surface area contributed by atoms with Crippen LogP contribution >= 0.6 is 23.2 Å². The van der Waals surface area contributed by atoms with E-state index in [1.165, 1.54) is 18.2 Å². The lowest BCUT2D eigenvalue weighted by Gasteiger charge is -2.12. The Morgan fingerprint density at radius 2 is 1.86 bits per heavy atom. The molecule has 0 saturated carbocycles. The third-order valence-electron chi connectivity index (χ3n) is 3.34. The molecule has 3 aromatic rings. The first-order valence-corrected chi connectivity index (χ1v) is 8.09. The van der Waals surface area contributed by atoms with E-state index in [4.69, 9.17) is 38.3 Å². The standard InChI is InChI=1S/C15H8Cl2N6O5/c16-8-3-7(23-15(27)19-14(26)10(5-18)20-23)4-9(17)13(8)28-11-1-2-12(25)22(6-24)21-11/h1-4,24H,6H2,(H,19,26,27). The molecule has 13 heteroatoms. The number of benzene rings is 1. The lowest BCUT2D eigenvalue weighted by atomic mass is 10.3. The predicted molar refractivity (Wildman–Crippen MR) is 96.0 cm³/mol. The second-order valence-electron chi connectivity index (χ2n) is 5.12. The van der Waals surface area contributed by atoms with E-state index in [2.05, 4.69) is 10.2 Å². The molecule has 0 aliphatic carbocycles. The fraction of sp³-hybridized carbons (Fsp3) is 0.0667. The van der Waals surface area contributed by atoms with Gasteiger partial charge >= 0.3 is 5.69 Å². The Kier molecular flexibility index (Phi) is 5.27. The van der Waals surface area contributed by atoms with Gasteiger partial charge in [-0.3, -0.25) is 14.6 Å². The van der Waals surface area contributed by atoms with Crippen LogP contribution in [0.2, 0.25) is 10.0 Å². The summed E-state index contributed by atoms with van der Waals surface area (Å²) in [6, 6.07) is 6.46. The van der Waals surface area contributed by atoms with E-state index in [0.717, 1.165) is 15.4 Å². The fourth-order valence-electron chi connectivity index (χ4n) is 2.11. The molecular weight excluding hydrogens is 415 g/mol. The Balaban J connectivity index is 2.05. The minimum absolute atomic E-state index is 0.0410. The van der Waals surface area contributed by atoms with Crippen molar-refractivity contribution in [2.45, 2.75) is 6.73 Å². The molecule has 0 aliphatic rings. The maximum absolute atomic E-state index is 12.0. The average Bonchev–Trinajstić information content (AvgIpc) is 2.66. The Labute approximate surface area is 164 Å². The van der Waals surface area contributed by atoms with Crippen LogP contribution in [-0.2, 0) is 6.73 Å². The molecule has 3 rings (SSSR count). The zero-order chi connectivity index (χ0) is 20.4. The molecule has 1 aromatic carbocycles. The van der Waals surface area contributed by atoms with Gasteiger partial charge in [0.05, 0.1) is 15.7 Å². The average molecular weight is 423 g/mol. The maximum atomic E-state index is 12.0. The molecule has 11 nitrogen and oxygen atoms in total. The minimum Gasteiger partial charge on any atom is -0.434 e.